The molecule has 1 aromatic heterocycles. The number of pyridine rings is 1. The zero-order valence-electron chi connectivity index (χ0n) is 22.8. The second kappa shape index (κ2) is 10.6. The van der Waals surface area contributed by atoms with Gasteiger partial charge in [-0.25, -0.2) is 0 Å². The second-order valence-electron chi connectivity index (χ2n) is 12.7. The minimum atomic E-state index is -2.15. The first-order chi connectivity index (χ1) is 14.2. The van der Waals surface area contributed by atoms with Crippen molar-refractivity contribution in [1.29, 1.82) is 0 Å². The average molecular weight is 501 g/mol. The Balaban J connectivity index is 3.41. The maximum Gasteiger partial charge on any atom is 0.193 e. The molecule has 1 heterocycles. The number of aromatic nitrogens is 1. The van der Waals surface area contributed by atoms with E-state index in [-0.39, 0.29) is 22.2 Å². The third-order valence-corrected chi connectivity index (χ3v) is 17.4. The van der Waals surface area contributed by atoms with Crippen molar-refractivity contribution in [2.75, 3.05) is 6.61 Å². The highest BCUT2D eigenvalue weighted by atomic mass is 32.2. The monoisotopic (exact) mass is 500 g/mol. The Morgan fingerprint density at radius 1 is 0.938 bits per heavy atom. The molecule has 0 amide bonds. The number of hydrogen-bond donors (Lipinski definition) is 1. The van der Waals surface area contributed by atoms with Gasteiger partial charge < -0.3 is 13.4 Å². The maximum atomic E-state index is 13.2. The first kappa shape index (κ1) is 29.8. The molecule has 0 aliphatic rings. The van der Waals surface area contributed by atoms with Crippen LogP contribution >= 0.6 is 0 Å². The van der Waals surface area contributed by atoms with E-state index in [1.807, 2.05) is 39.0 Å². The molecule has 0 spiro atoms. The average Bonchev–Trinajstić information content (AvgIpc) is 2.61. The molecule has 0 bridgehead atoms. The van der Waals surface area contributed by atoms with Crippen LogP contribution < -0.4 is 4.72 Å². The van der Waals surface area contributed by atoms with Gasteiger partial charge in [-0.05, 0) is 69.2 Å². The van der Waals surface area contributed by atoms with Crippen molar-refractivity contribution in [2.24, 2.45) is 0 Å². The lowest BCUT2D eigenvalue weighted by molar-refractivity contribution is 0.108. The summed E-state index contributed by atoms with van der Waals surface area (Å²) < 4.78 is 29.7. The number of nitrogens with zero attached hydrogens (tertiary/aromatic N) is 1. The molecule has 32 heavy (non-hydrogen) atoms. The molecule has 0 aromatic carbocycles. The third kappa shape index (κ3) is 8.22. The molecular formula is C24H48N2O3SSi2. The van der Waals surface area contributed by atoms with E-state index in [4.69, 9.17) is 8.85 Å². The van der Waals surface area contributed by atoms with Gasteiger partial charge in [-0.15, -0.1) is 4.72 Å². The van der Waals surface area contributed by atoms with E-state index in [0.29, 0.717) is 6.61 Å². The van der Waals surface area contributed by atoms with Crippen LogP contribution in [0.25, 0.3) is 0 Å². The quantitative estimate of drug-likeness (QED) is 0.306. The van der Waals surface area contributed by atoms with Gasteiger partial charge in [-0.3, -0.25) is 4.98 Å². The van der Waals surface area contributed by atoms with Crippen LogP contribution in [0.2, 0.25) is 36.3 Å². The van der Waals surface area contributed by atoms with Gasteiger partial charge in [0.1, 0.15) is 16.9 Å². The summed E-state index contributed by atoms with van der Waals surface area (Å²) >= 11 is -1.27. The lowest BCUT2D eigenvalue weighted by Gasteiger charge is -2.43. The molecule has 5 nitrogen and oxygen atoms in total. The van der Waals surface area contributed by atoms with E-state index in [9.17, 15) is 4.55 Å². The molecule has 1 rings (SSSR count). The summed E-state index contributed by atoms with van der Waals surface area (Å²) in [5.74, 6) is 0. The molecule has 0 fully saturated rings. The SMILES string of the molecule is CC(C)(C)[S+]([O-])NC(CO[Si](C)(C)C(C)(C)C)C(O[Si](C)(C)C(C)(C)C)c1ccccn1. The molecule has 0 saturated carbocycles. The Bertz CT molecular complexity index is 711. The van der Waals surface area contributed by atoms with Crippen molar-refractivity contribution in [2.45, 2.75) is 115 Å². The fourth-order valence-corrected chi connectivity index (χ4v) is 5.52. The predicted octanol–water partition coefficient (Wildman–Crippen LogP) is 6.59. The first-order valence-corrected chi connectivity index (χ1v) is 18.6. The number of rotatable bonds is 9. The molecular weight excluding hydrogens is 453 g/mol. The fraction of sp³-hybridized carbons (Fsp3) is 0.792. The largest absolute Gasteiger partial charge is 0.598 e. The van der Waals surface area contributed by atoms with Crippen molar-refractivity contribution in [3.63, 3.8) is 0 Å². The van der Waals surface area contributed by atoms with Crippen LogP contribution in [0.15, 0.2) is 24.4 Å². The van der Waals surface area contributed by atoms with E-state index < -0.39 is 32.7 Å². The summed E-state index contributed by atoms with van der Waals surface area (Å²) in [6.45, 7) is 28.7. The minimum Gasteiger partial charge on any atom is -0.598 e. The number of hydrogen-bond acceptors (Lipinski definition) is 5. The van der Waals surface area contributed by atoms with Gasteiger partial charge in [-0.1, -0.05) is 47.6 Å². The van der Waals surface area contributed by atoms with E-state index in [2.05, 4.69) is 77.4 Å². The summed E-state index contributed by atoms with van der Waals surface area (Å²) in [6.07, 6.45) is 1.44. The van der Waals surface area contributed by atoms with E-state index in [1.54, 1.807) is 6.20 Å². The highest BCUT2D eigenvalue weighted by Crippen LogP contribution is 2.41. The van der Waals surface area contributed by atoms with Crippen molar-refractivity contribution >= 4 is 28.0 Å². The van der Waals surface area contributed by atoms with Crippen LogP contribution in [0.5, 0.6) is 0 Å². The Morgan fingerprint density at radius 2 is 1.47 bits per heavy atom. The normalized spacial score (nSPS) is 17.2. The Labute approximate surface area is 203 Å². The molecule has 0 aliphatic carbocycles. The van der Waals surface area contributed by atoms with E-state index in [1.165, 1.54) is 0 Å². The molecule has 3 unspecified atom stereocenters. The van der Waals surface area contributed by atoms with Gasteiger partial charge in [0.05, 0.1) is 12.3 Å². The molecule has 186 valence electrons. The standard InChI is InChI=1S/C24H48N2O3SSi2/c1-22(2,3)30(27)26-20(18-28-31(10,11)23(4,5)6)21(19-16-14-15-17-25-19)29-32(12,13)24(7,8)9/h14-17,20-21,26H,18H2,1-13H3. The van der Waals surface area contributed by atoms with Crippen LogP contribution in [0.3, 0.4) is 0 Å². The summed E-state index contributed by atoms with van der Waals surface area (Å²) in [5.41, 5.74) is 0.847. The predicted molar refractivity (Wildman–Crippen MR) is 143 cm³/mol. The Hall–Kier alpha value is -0.226. The first-order valence-electron chi connectivity index (χ1n) is 11.6. The zero-order chi connectivity index (χ0) is 25.2. The van der Waals surface area contributed by atoms with Crippen LogP contribution in [-0.4, -0.2) is 43.6 Å². The van der Waals surface area contributed by atoms with Gasteiger partial charge in [0.15, 0.2) is 16.6 Å². The molecule has 0 aliphatic heterocycles. The van der Waals surface area contributed by atoms with Crippen molar-refractivity contribution in [3.05, 3.63) is 30.1 Å². The van der Waals surface area contributed by atoms with Crippen LogP contribution in [-0.2, 0) is 20.2 Å². The molecule has 1 aromatic rings. The Morgan fingerprint density at radius 3 is 1.88 bits per heavy atom. The van der Waals surface area contributed by atoms with Crippen molar-refractivity contribution < 1.29 is 13.4 Å². The zero-order valence-corrected chi connectivity index (χ0v) is 25.6. The molecule has 3 atom stereocenters. The highest BCUT2D eigenvalue weighted by Gasteiger charge is 2.45. The lowest BCUT2D eigenvalue weighted by atomic mass is 10.1. The molecule has 0 saturated heterocycles. The lowest BCUT2D eigenvalue weighted by Crippen LogP contribution is -2.54. The number of nitrogens with one attached hydrogen (secondary N) is 1. The van der Waals surface area contributed by atoms with Crippen molar-refractivity contribution in [1.82, 2.24) is 9.71 Å². The van der Waals surface area contributed by atoms with Gasteiger partial charge in [0.25, 0.3) is 0 Å². The summed E-state index contributed by atoms with van der Waals surface area (Å²) in [5, 5.41) is 0.121. The summed E-state index contributed by atoms with van der Waals surface area (Å²) in [6, 6.07) is 5.61. The van der Waals surface area contributed by atoms with Crippen LogP contribution in [0.4, 0.5) is 0 Å². The van der Waals surface area contributed by atoms with Crippen molar-refractivity contribution in [3.8, 4) is 0 Å². The Kier molecular flexibility index (Phi) is 9.86. The van der Waals surface area contributed by atoms with Gasteiger partial charge in [0.2, 0.25) is 0 Å². The minimum absolute atomic E-state index is 0.0358. The second-order valence-corrected chi connectivity index (χ2v) is 24.3. The third-order valence-electron chi connectivity index (χ3n) is 6.82. The van der Waals surface area contributed by atoms with Crippen LogP contribution in [0.1, 0.15) is 74.1 Å². The van der Waals surface area contributed by atoms with E-state index >= 15 is 0 Å². The molecule has 8 heteroatoms. The fourth-order valence-electron chi connectivity index (χ4n) is 2.40. The molecule has 0 radical (unpaired) electrons. The van der Waals surface area contributed by atoms with Gasteiger partial charge in [0, 0.05) is 17.6 Å². The summed E-state index contributed by atoms with van der Waals surface area (Å²) in [7, 11) is -4.16. The van der Waals surface area contributed by atoms with E-state index in [0.717, 1.165) is 5.69 Å². The van der Waals surface area contributed by atoms with Gasteiger partial charge in [-0.2, -0.15) is 0 Å². The smallest absolute Gasteiger partial charge is 0.193 e. The maximum absolute atomic E-state index is 13.2. The highest BCUT2D eigenvalue weighted by molar-refractivity contribution is 7.90. The summed E-state index contributed by atoms with van der Waals surface area (Å²) in [4.78, 5) is 4.64. The van der Waals surface area contributed by atoms with Crippen LogP contribution in [0, 0.1) is 0 Å². The topological polar surface area (TPSA) is 66.4 Å². The van der Waals surface area contributed by atoms with Gasteiger partial charge >= 0.3 is 0 Å². The molecule has 1 N–H and O–H groups in total.